The van der Waals surface area contributed by atoms with Crippen molar-refractivity contribution in [1.82, 2.24) is 4.57 Å². The molecule has 222 valence electrons. The molecular formula is C41H36N2O2. The van der Waals surface area contributed by atoms with Gasteiger partial charge in [0.1, 0.15) is 0 Å². The summed E-state index contributed by atoms with van der Waals surface area (Å²) in [5.41, 5.74) is 7.48. The van der Waals surface area contributed by atoms with Crippen molar-refractivity contribution in [2.24, 2.45) is 0 Å². The van der Waals surface area contributed by atoms with E-state index in [1.54, 1.807) is 0 Å². The average Bonchev–Trinajstić information content (AvgIpc) is 3.37. The average molecular weight is 589 g/mol. The molecule has 7 aromatic rings. The van der Waals surface area contributed by atoms with Crippen molar-refractivity contribution in [2.45, 2.75) is 57.9 Å². The van der Waals surface area contributed by atoms with E-state index in [2.05, 4.69) is 135 Å². The predicted octanol–water partition coefficient (Wildman–Crippen LogP) is 11.1. The van der Waals surface area contributed by atoms with Crippen LogP contribution in [0.5, 0.6) is 0 Å². The molecule has 1 aliphatic rings. The zero-order valence-corrected chi connectivity index (χ0v) is 26.2. The summed E-state index contributed by atoms with van der Waals surface area (Å²) in [6, 6.07) is 38.4. The third kappa shape index (κ3) is 4.19. The quantitative estimate of drug-likeness (QED) is 0.117. The molecule has 6 aromatic carbocycles. The highest BCUT2D eigenvalue weighted by Crippen LogP contribution is 2.50. The number of aromatic nitrogens is 1. The first-order chi connectivity index (χ1) is 21.6. The van der Waals surface area contributed by atoms with E-state index in [4.69, 9.17) is 0 Å². The zero-order chi connectivity index (χ0) is 31.1. The van der Waals surface area contributed by atoms with Gasteiger partial charge in [0.25, 0.3) is 5.69 Å². The summed E-state index contributed by atoms with van der Waals surface area (Å²) in [6.45, 7) is 9.70. The highest BCUT2D eigenvalue weighted by Gasteiger charge is 2.39. The first-order valence-corrected chi connectivity index (χ1v) is 15.9. The molecule has 0 amide bonds. The topological polar surface area (TPSA) is 48.1 Å². The van der Waals surface area contributed by atoms with Crippen molar-refractivity contribution in [2.75, 3.05) is 0 Å². The number of hydrogen-bond donors (Lipinski definition) is 0. The van der Waals surface area contributed by atoms with Gasteiger partial charge in [-0.25, -0.2) is 0 Å². The molecule has 0 atom stereocenters. The van der Waals surface area contributed by atoms with E-state index in [9.17, 15) is 10.1 Å². The first-order valence-electron chi connectivity index (χ1n) is 15.9. The molecule has 4 nitrogen and oxygen atoms in total. The molecule has 1 heterocycles. The molecule has 1 aromatic heterocycles. The molecule has 0 saturated carbocycles. The van der Waals surface area contributed by atoms with Crippen LogP contribution < -0.4 is 0 Å². The van der Waals surface area contributed by atoms with Gasteiger partial charge in [0.15, 0.2) is 0 Å². The van der Waals surface area contributed by atoms with Crippen molar-refractivity contribution < 1.29 is 4.92 Å². The van der Waals surface area contributed by atoms with E-state index in [0.717, 1.165) is 41.4 Å². The van der Waals surface area contributed by atoms with Gasteiger partial charge in [0, 0.05) is 34.3 Å². The van der Waals surface area contributed by atoms with Crippen LogP contribution in [0.3, 0.4) is 0 Å². The van der Waals surface area contributed by atoms with Crippen molar-refractivity contribution in [3.63, 3.8) is 0 Å². The van der Waals surface area contributed by atoms with E-state index in [0.29, 0.717) is 5.56 Å². The normalized spacial score (nSPS) is 15.6. The Balaban J connectivity index is 1.49. The molecule has 45 heavy (non-hydrogen) atoms. The minimum atomic E-state index is -0.195. The van der Waals surface area contributed by atoms with Gasteiger partial charge in [-0.1, -0.05) is 113 Å². The molecule has 4 heteroatoms. The van der Waals surface area contributed by atoms with Gasteiger partial charge < -0.3 is 4.57 Å². The Morgan fingerprint density at radius 2 is 1.24 bits per heavy atom. The number of nitrogens with zero attached hydrogens (tertiary/aromatic N) is 2. The van der Waals surface area contributed by atoms with E-state index in [-0.39, 0.29) is 21.4 Å². The van der Waals surface area contributed by atoms with Crippen molar-refractivity contribution in [1.29, 1.82) is 0 Å². The molecule has 8 rings (SSSR count). The Kier molecular flexibility index (Phi) is 5.99. The summed E-state index contributed by atoms with van der Waals surface area (Å²) in [5.74, 6) is 0. The number of fused-ring (bicyclic) bond motifs is 9. The van der Waals surface area contributed by atoms with Crippen LogP contribution in [0.2, 0.25) is 0 Å². The van der Waals surface area contributed by atoms with Gasteiger partial charge in [-0.2, -0.15) is 0 Å². The fraction of sp³-hybridized carbons (Fsp3) is 0.220. The maximum Gasteiger partial charge on any atom is 0.277 e. The number of nitro groups is 1. The molecule has 0 unspecified atom stereocenters. The van der Waals surface area contributed by atoms with Gasteiger partial charge in [-0.15, -0.1) is 0 Å². The van der Waals surface area contributed by atoms with E-state index < -0.39 is 0 Å². The van der Waals surface area contributed by atoms with E-state index in [1.165, 1.54) is 43.6 Å². The largest absolute Gasteiger partial charge is 0.335 e. The smallest absolute Gasteiger partial charge is 0.277 e. The summed E-state index contributed by atoms with van der Waals surface area (Å²) >= 11 is 0. The maximum absolute atomic E-state index is 12.7. The van der Waals surface area contributed by atoms with Crippen LogP contribution in [0.15, 0.2) is 109 Å². The first kappa shape index (κ1) is 27.6. The molecule has 0 fully saturated rings. The predicted molar refractivity (Wildman–Crippen MR) is 187 cm³/mol. The molecule has 1 aliphatic carbocycles. The number of nitro benzene ring substituents is 1. The lowest BCUT2D eigenvalue weighted by Gasteiger charge is -2.41. The van der Waals surface area contributed by atoms with Crippen LogP contribution in [-0.4, -0.2) is 9.49 Å². The van der Waals surface area contributed by atoms with Crippen molar-refractivity contribution in [3.8, 4) is 11.1 Å². The minimum absolute atomic E-state index is 0.0559. The fourth-order valence-electron chi connectivity index (χ4n) is 7.85. The summed E-state index contributed by atoms with van der Waals surface area (Å²) in [7, 11) is 0. The lowest BCUT2D eigenvalue weighted by molar-refractivity contribution is -0.384. The van der Waals surface area contributed by atoms with Gasteiger partial charge in [0.2, 0.25) is 0 Å². The third-order valence-electron chi connectivity index (χ3n) is 10.4. The Morgan fingerprint density at radius 1 is 0.667 bits per heavy atom. The zero-order valence-electron chi connectivity index (χ0n) is 26.2. The summed E-state index contributed by atoms with van der Waals surface area (Å²) in [6.07, 6.45) is 2.06. The fourth-order valence-corrected chi connectivity index (χ4v) is 7.85. The van der Waals surface area contributed by atoms with Crippen LogP contribution in [0.4, 0.5) is 5.69 Å². The molecule has 0 radical (unpaired) electrons. The second kappa shape index (κ2) is 9.77. The van der Waals surface area contributed by atoms with Crippen LogP contribution in [0, 0.1) is 10.1 Å². The molecular weight excluding hydrogens is 552 g/mol. The van der Waals surface area contributed by atoms with E-state index in [1.807, 2.05) is 6.07 Å². The van der Waals surface area contributed by atoms with Crippen LogP contribution in [-0.2, 0) is 17.4 Å². The second-order valence-electron chi connectivity index (χ2n) is 14.1. The molecule has 0 bridgehead atoms. The Bertz CT molecular complexity index is 2330. The highest BCUT2D eigenvalue weighted by molar-refractivity contribution is 6.31. The number of benzene rings is 6. The molecule has 0 saturated heterocycles. The Labute approximate surface area is 263 Å². The monoisotopic (exact) mass is 588 g/mol. The van der Waals surface area contributed by atoms with Gasteiger partial charge in [-0.05, 0) is 80.3 Å². The van der Waals surface area contributed by atoms with Gasteiger partial charge >= 0.3 is 0 Å². The van der Waals surface area contributed by atoms with E-state index >= 15 is 0 Å². The lowest BCUT2D eigenvalue weighted by Crippen LogP contribution is -2.34. The number of rotatable bonds is 4. The Hall–Kier alpha value is -4.96. The summed E-state index contributed by atoms with van der Waals surface area (Å²) in [4.78, 5) is 12.5. The van der Waals surface area contributed by atoms with Crippen LogP contribution in [0.25, 0.3) is 54.5 Å². The maximum atomic E-state index is 12.7. The minimum Gasteiger partial charge on any atom is -0.335 e. The third-order valence-corrected chi connectivity index (χ3v) is 10.4. The lowest BCUT2D eigenvalue weighted by atomic mass is 9.62. The summed E-state index contributed by atoms with van der Waals surface area (Å²) < 4.78 is 2.44. The molecule has 0 spiro atoms. The van der Waals surface area contributed by atoms with Gasteiger partial charge in [0.05, 0.1) is 16.0 Å². The van der Waals surface area contributed by atoms with Crippen LogP contribution >= 0.6 is 0 Å². The Morgan fingerprint density at radius 3 is 1.91 bits per heavy atom. The van der Waals surface area contributed by atoms with Crippen molar-refractivity contribution >= 4 is 49.0 Å². The van der Waals surface area contributed by atoms with Crippen molar-refractivity contribution in [3.05, 3.63) is 136 Å². The summed E-state index contributed by atoms with van der Waals surface area (Å²) in [5, 5.41) is 19.8. The number of hydrogen-bond acceptors (Lipinski definition) is 2. The second-order valence-corrected chi connectivity index (χ2v) is 14.1. The molecule has 0 N–H and O–H groups in total. The molecule has 0 aliphatic heterocycles. The van der Waals surface area contributed by atoms with Crippen LogP contribution in [0.1, 0.15) is 57.2 Å². The standard InChI is InChI=1S/C41H36N2O2/c1-40(2)20-21-41(3,4)35-24-37(43(44)45)32(23-34(35)40)27-18-19-36-33(22-27)38-30-16-10-8-14-28(30)29-15-9-11-17-31(29)39(38)42(36)25-26-12-6-5-7-13-26/h5-19,22-24H,20-21,25H2,1-4H3. The SMILES string of the molecule is CC1(C)CCC(C)(C)c2cc([N+](=O)[O-])c(-c3ccc4c(c3)c3c5ccccc5c5ccccc5c3n4Cc3ccccc3)cc21. The highest BCUT2D eigenvalue weighted by atomic mass is 16.6. The van der Waals surface area contributed by atoms with Gasteiger partial charge in [-0.3, -0.25) is 10.1 Å².